The van der Waals surface area contributed by atoms with Crippen molar-refractivity contribution in [3.8, 4) is 23.1 Å². The molecule has 1 atom stereocenters. The lowest BCUT2D eigenvalue weighted by molar-refractivity contribution is -0.120. The first-order valence-corrected chi connectivity index (χ1v) is 10.8. The van der Waals surface area contributed by atoms with E-state index in [1.165, 1.54) is 11.8 Å². The maximum atomic E-state index is 12.5. The minimum atomic E-state index is -0.905. The first-order chi connectivity index (χ1) is 14.3. The predicted octanol–water partition coefficient (Wildman–Crippen LogP) is 4.39. The summed E-state index contributed by atoms with van der Waals surface area (Å²) in [5, 5.41) is 21.6. The van der Waals surface area contributed by atoms with E-state index < -0.39 is 5.54 Å². The van der Waals surface area contributed by atoms with Crippen LogP contribution in [0.3, 0.4) is 0 Å². The van der Waals surface area contributed by atoms with Crippen LogP contribution in [0.4, 0.5) is 0 Å². The molecule has 1 N–H and O–H groups in total. The van der Waals surface area contributed by atoms with Crippen LogP contribution in [0.5, 0.6) is 0 Å². The van der Waals surface area contributed by atoms with Crippen molar-refractivity contribution in [3.63, 3.8) is 0 Å². The second-order valence-corrected chi connectivity index (χ2v) is 8.59. The van der Waals surface area contributed by atoms with Crippen molar-refractivity contribution in [1.82, 2.24) is 20.1 Å². The molecule has 0 aliphatic carbocycles. The predicted molar refractivity (Wildman–Crippen MR) is 119 cm³/mol. The van der Waals surface area contributed by atoms with Crippen LogP contribution in [-0.2, 0) is 4.79 Å². The summed E-state index contributed by atoms with van der Waals surface area (Å²) in [6.45, 7) is 7.60. The Morgan fingerprint density at radius 3 is 2.43 bits per heavy atom. The van der Waals surface area contributed by atoms with E-state index in [2.05, 4.69) is 21.6 Å². The molecule has 2 aromatic carbocycles. The molecule has 0 radical (unpaired) electrons. The zero-order valence-corrected chi connectivity index (χ0v) is 18.4. The number of hydrogen-bond donors (Lipinski definition) is 1. The Labute approximate surface area is 181 Å². The number of nitriles is 1. The molecular weight excluding hydrogens is 394 g/mol. The van der Waals surface area contributed by atoms with Gasteiger partial charge in [-0.15, -0.1) is 10.2 Å². The van der Waals surface area contributed by atoms with Crippen LogP contribution >= 0.6 is 11.8 Å². The van der Waals surface area contributed by atoms with Gasteiger partial charge in [-0.1, -0.05) is 73.6 Å². The number of nitrogens with zero attached hydrogens (tertiary/aromatic N) is 4. The SMILES string of the molecule is Cc1ccc(-n2c(SCC(=O)N[C@@](C)(C#N)C(C)C)nnc2-c2ccccc2)cc1. The smallest absolute Gasteiger partial charge is 0.231 e. The third-order valence-corrected chi connectivity index (χ3v) is 6.00. The number of nitrogens with one attached hydrogen (secondary N) is 1. The molecule has 0 saturated heterocycles. The Morgan fingerprint density at radius 1 is 1.17 bits per heavy atom. The number of rotatable bonds is 7. The van der Waals surface area contributed by atoms with Gasteiger partial charge >= 0.3 is 0 Å². The monoisotopic (exact) mass is 419 g/mol. The number of hydrogen-bond acceptors (Lipinski definition) is 5. The van der Waals surface area contributed by atoms with Gasteiger partial charge in [0, 0.05) is 11.3 Å². The van der Waals surface area contributed by atoms with E-state index in [9.17, 15) is 10.1 Å². The fourth-order valence-electron chi connectivity index (χ4n) is 2.82. The zero-order valence-electron chi connectivity index (χ0n) is 17.6. The molecule has 1 heterocycles. The standard InChI is InChI=1S/C23H25N5OS/c1-16(2)23(4,15-24)25-20(29)14-30-22-27-26-21(18-8-6-5-7-9-18)28(22)19-12-10-17(3)11-13-19/h5-13,16H,14H2,1-4H3,(H,25,29)/t23-/m0/s1. The molecule has 3 rings (SSSR count). The highest BCUT2D eigenvalue weighted by Crippen LogP contribution is 2.28. The number of amides is 1. The van der Waals surface area contributed by atoms with Crippen molar-refractivity contribution < 1.29 is 4.79 Å². The topological polar surface area (TPSA) is 83.6 Å². The lowest BCUT2D eigenvalue weighted by atomic mass is 9.90. The van der Waals surface area contributed by atoms with Crippen molar-refractivity contribution in [1.29, 1.82) is 5.26 Å². The number of carbonyl (C=O) groups is 1. The Balaban J connectivity index is 1.88. The largest absolute Gasteiger partial charge is 0.337 e. The second-order valence-electron chi connectivity index (χ2n) is 7.65. The van der Waals surface area contributed by atoms with Gasteiger partial charge in [-0.3, -0.25) is 9.36 Å². The first kappa shape index (κ1) is 21.6. The molecule has 0 aliphatic rings. The Kier molecular flexibility index (Phi) is 6.58. The van der Waals surface area contributed by atoms with Crippen LogP contribution in [0.1, 0.15) is 26.3 Å². The van der Waals surface area contributed by atoms with Gasteiger partial charge in [-0.05, 0) is 31.9 Å². The molecule has 0 bridgehead atoms. The highest BCUT2D eigenvalue weighted by Gasteiger charge is 2.30. The van der Waals surface area contributed by atoms with Gasteiger partial charge in [0.2, 0.25) is 5.91 Å². The maximum Gasteiger partial charge on any atom is 0.231 e. The summed E-state index contributed by atoms with van der Waals surface area (Å²) in [4.78, 5) is 12.5. The molecule has 1 amide bonds. The molecule has 0 fully saturated rings. The molecule has 3 aromatic rings. The molecule has 0 aliphatic heterocycles. The van der Waals surface area contributed by atoms with E-state index in [-0.39, 0.29) is 17.6 Å². The van der Waals surface area contributed by atoms with Crippen molar-refractivity contribution >= 4 is 17.7 Å². The van der Waals surface area contributed by atoms with E-state index in [0.29, 0.717) is 11.0 Å². The van der Waals surface area contributed by atoms with Gasteiger partial charge in [-0.25, -0.2) is 0 Å². The van der Waals surface area contributed by atoms with Crippen molar-refractivity contribution in [2.24, 2.45) is 5.92 Å². The normalized spacial score (nSPS) is 12.9. The van der Waals surface area contributed by atoms with Gasteiger partial charge < -0.3 is 5.32 Å². The number of aryl methyl sites for hydroxylation is 1. The molecule has 1 aromatic heterocycles. The fraction of sp³-hybridized carbons (Fsp3) is 0.304. The molecule has 154 valence electrons. The van der Waals surface area contributed by atoms with Crippen LogP contribution in [0.15, 0.2) is 59.8 Å². The first-order valence-electron chi connectivity index (χ1n) is 9.77. The highest BCUT2D eigenvalue weighted by molar-refractivity contribution is 7.99. The highest BCUT2D eigenvalue weighted by atomic mass is 32.2. The van der Waals surface area contributed by atoms with Gasteiger partial charge in [0.05, 0.1) is 11.8 Å². The average molecular weight is 420 g/mol. The molecule has 30 heavy (non-hydrogen) atoms. The summed E-state index contributed by atoms with van der Waals surface area (Å²) in [6.07, 6.45) is 0. The van der Waals surface area contributed by atoms with E-state index in [0.717, 1.165) is 16.8 Å². The molecule has 0 saturated carbocycles. The summed E-state index contributed by atoms with van der Waals surface area (Å²) in [5.74, 6) is 0.643. The van der Waals surface area contributed by atoms with Gasteiger partial charge in [0.25, 0.3) is 0 Å². The maximum absolute atomic E-state index is 12.5. The number of carbonyl (C=O) groups excluding carboxylic acids is 1. The van der Waals surface area contributed by atoms with E-state index in [1.807, 2.05) is 79.9 Å². The molecule has 0 spiro atoms. The zero-order chi connectivity index (χ0) is 21.7. The third kappa shape index (κ3) is 4.71. The molecule has 0 unspecified atom stereocenters. The van der Waals surface area contributed by atoms with Crippen LogP contribution in [0.25, 0.3) is 17.1 Å². The average Bonchev–Trinajstić information content (AvgIpc) is 3.17. The third-order valence-electron chi connectivity index (χ3n) is 5.08. The minimum Gasteiger partial charge on any atom is -0.337 e. The van der Waals surface area contributed by atoms with Crippen molar-refractivity contribution in [3.05, 3.63) is 60.2 Å². The molecule has 7 heteroatoms. The lowest BCUT2D eigenvalue weighted by Gasteiger charge is -2.27. The van der Waals surface area contributed by atoms with Gasteiger partial charge in [-0.2, -0.15) is 5.26 Å². The van der Waals surface area contributed by atoms with E-state index in [4.69, 9.17) is 0 Å². The quantitative estimate of drug-likeness (QED) is 0.574. The van der Waals surface area contributed by atoms with Crippen molar-refractivity contribution in [2.45, 2.75) is 38.4 Å². The second kappa shape index (κ2) is 9.14. The van der Waals surface area contributed by atoms with Crippen LogP contribution in [-0.4, -0.2) is 32.0 Å². The lowest BCUT2D eigenvalue weighted by Crippen LogP contribution is -2.49. The molecule has 6 nitrogen and oxygen atoms in total. The van der Waals surface area contributed by atoms with Crippen LogP contribution < -0.4 is 5.32 Å². The Hall–Kier alpha value is -3.11. The number of benzene rings is 2. The summed E-state index contributed by atoms with van der Waals surface area (Å²) < 4.78 is 1.96. The molecular formula is C23H25N5OS. The van der Waals surface area contributed by atoms with Gasteiger partial charge in [0.1, 0.15) is 5.54 Å². The van der Waals surface area contributed by atoms with E-state index >= 15 is 0 Å². The Morgan fingerprint density at radius 2 is 1.83 bits per heavy atom. The van der Waals surface area contributed by atoms with E-state index in [1.54, 1.807) is 6.92 Å². The minimum absolute atomic E-state index is 0.00246. The van der Waals surface area contributed by atoms with Crippen LogP contribution in [0.2, 0.25) is 0 Å². The number of thioether (sulfide) groups is 1. The van der Waals surface area contributed by atoms with Crippen molar-refractivity contribution in [2.75, 3.05) is 5.75 Å². The Bertz CT molecular complexity index is 1050. The summed E-state index contributed by atoms with van der Waals surface area (Å²) in [7, 11) is 0. The number of aromatic nitrogens is 3. The fourth-order valence-corrected chi connectivity index (χ4v) is 3.57. The summed E-state index contributed by atoms with van der Waals surface area (Å²) >= 11 is 1.30. The van der Waals surface area contributed by atoms with Crippen LogP contribution in [0, 0.1) is 24.2 Å². The van der Waals surface area contributed by atoms with Gasteiger partial charge in [0.15, 0.2) is 11.0 Å². The summed E-state index contributed by atoms with van der Waals surface area (Å²) in [5.41, 5.74) is 2.12. The summed E-state index contributed by atoms with van der Waals surface area (Å²) in [6, 6.07) is 20.1.